The van der Waals surface area contributed by atoms with Crippen LogP contribution in [0, 0.1) is 23.0 Å². The van der Waals surface area contributed by atoms with Gasteiger partial charge in [0.15, 0.2) is 0 Å². The van der Waals surface area contributed by atoms with Crippen LogP contribution >= 0.6 is 0 Å². The summed E-state index contributed by atoms with van der Waals surface area (Å²) in [7, 11) is 0. The number of carbonyl (C=O) groups is 4. The number of ether oxygens (including phenoxy) is 1. The number of alkyl halides is 1. The highest BCUT2D eigenvalue weighted by Crippen LogP contribution is 2.43. The van der Waals surface area contributed by atoms with Crippen molar-refractivity contribution in [3.05, 3.63) is 77.8 Å². The number of aromatic nitrogens is 2. The lowest BCUT2D eigenvalue weighted by Crippen LogP contribution is -2.49. The van der Waals surface area contributed by atoms with E-state index in [2.05, 4.69) is 10.6 Å². The number of carbonyl (C=O) groups excluding carboxylic acids is 4. The van der Waals surface area contributed by atoms with Crippen molar-refractivity contribution in [3.63, 3.8) is 0 Å². The number of amides is 4. The summed E-state index contributed by atoms with van der Waals surface area (Å²) in [5, 5.41) is 16.0. The molecule has 0 spiro atoms. The molecule has 3 aromatic rings. The zero-order valence-corrected chi connectivity index (χ0v) is 29.3. The lowest BCUT2D eigenvalue weighted by atomic mass is 9.78. The fourth-order valence-corrected chi connectivity index (χ4v) is 6.83. The van der Waals surface area contributed by atoms with Crippen molar-refractivity contribution >= 4 is 23.6 Å². The van der Waals surface area contributed by atoms with Crippen LogP contribution in [-0.2, 0) is 30.5 Å². The van der Waals surface area contributed by atoms with Crippen molar-refractivity contribution in [2.45, 2.75) is 51.9 Å². The molecule has 3 heterocycles. The molecule has 52 heavy (non-hydrogen) atoms. The minimum absolute atomic E-state index is 0.0879. The average Bonchev–Trinajstić information content (AvgIpc) is 3.81. The summed E-state index contributed by atoms with van der Waals surface area (Å²) in [5.74, 6) is -3.37. The first kappa shape index (κ1) is 38.6. The lowest BCUT2D eigenvalue weighted by Gasteiger charge is -2.42. The maximum atomic E-state index is 15.1. The van der Waals surface area contributed by atoms with Crippen LogP contribution in [0.4, 0.5) is 13.2 Å². The van der Waals surface area contributed by atoms with Gasteiger partial charge in [0.25, 0.3) is 0 Å². The minimum Gasteiger partial charge on any atom is -0.387 e. The van der Waals surface area contributed by atoms with E-state index in [4.69, 9.17) is 9.72 Å². The van der Waals surface area contributed by atoms with Gasteiger partial charge in [0.1, 0.15) is 30.2 Å². The summed E-state index contributed by atoms with van der Waals surface area (Å²) in [4.78, 5) is 58.0. The van der Waals surface area contributed by atoms with Gasteiger partial charge >= 0.3 is 0 Å². The van der Waals surface area contributed by atoms with Gasteiger partial charge in [-0.25, -0.2) is 18.2 Å². The Hall–Kier alpha value is -4.60. The van der Waals surface area contributed by atoms with Crippen LogP contribution in [-0.4, -0.2) is 107 Å². The number of hydrogen-bond acceptors (Lipinski definition) is 8. The summed E-state index contributed by atoms with van der Waals surface area (Å²) in [6.45, 7) is 3.55. The smallest absolute Gasteiger partial charge is 0.248 e. The van der Waals surface area contributed by atoms with Gasteiger partial charge in [0, 0.05) is 75.1 Å². The molecule has 3 atom stereocenters. The van der Waals surface area contributed by atoms with Crippen LogP contribution in [0.25, 0.3) is 11.3 Å². The molecule has 1 aromatic heterocycles. The van der Waals surface area contributed by atoms with Crippen molar-refractivity contribution < 1.29 is 42.2 Å². The van der Waals surface area contributed by atoms with Gasteiger partial charge in [0.2, 0.25) is 23.6 Å². The maximum Gasteiger partial charge on any atom is 0.248 e. The van der Waals surface area contributed by atoms with Crippen LogP contribution in [0.15, 0.2) is 54.7 Å². The zero-order valence-electron chi connectivity index (χ0n) is 29.3. The molecule has 0 aliphatic carbocycles. The monoisotopic (exact) mass is 726 g/mol. The molecule has 0 unspecified atom stereocenters. The molecular weight excluding hydrogens is 681 g/mol. The number of nitrogens with one attached hydrogen (secondary N) is 2. The van der Waals surface area contributed by atoms with Gasteiger partial charge in [-0.3, -0.25) is 24.1 Å². The highest BCUT2D eigenvalue weighted by molar-refractivity contribution is 6.01. The Morgan fingerprint density at radius 3 is 2.50 bits per heavy atom. The molecule has 2 fully saturated rings. The summed E-state index contributed by atoms with van der Waals surface area (Å²) in [5.41, 5.74) is -0.305. The Bertz CT molecular complexity index is 1720. The molecule has 5 rings (SSSR count). The minimum atomic E-state index is -1.27. The Morgan fingerprint density at radius 2 is 1.83 bits per heavy atom. The molecule has 2 aromatic carbocycles. The molecule has 4 amide bonds. The largest absolute Gasteiger partial charge is 0.387 e. The SMILES string of the molecule is CC(C)(CC(=O)NCCOCCN1C(=O)CCC1=O)[C@H](c1nc(-c2cc(F)ccc2F)cn1Cc1ccccc1)N(C[C@@H]1CNC[C@@H]1F)C(=O)CO. The number of halogens is 3. The van der Waals surface area contributed by atoms with Gasteiger partial charge in [-0.2, -0.15) is 0 Å². The van der Waals surface area contributed by atoms with Crippen LogP contribution in [0.2, 0.25) is 0 Å². The van der Waals surface area contributed by atoms with Crippen LogP contribution < -0.4 is 10.6 Å². The Kier molecular flexibility index (Phi) is 12.8. The molecule has 0 bridgehead atoms. The first-order valence-corrected chi connectivity index (χ1v) is 17.4. The number of imide groups is 1. The molecule has 15 heteroatoms. The van der Waals surface area contributed by atoms with Crippen molar-refractivity contribution in [1.82, 2.24) is 30.0 Å². The van der Waals surface area contributed by atoms with E-state index in [-0.39, 0.29) is 101 Å². The molecule has 2 aliphatic heterocycles. The Morgan fingerprint density at radius 1 is 1.10 bits per heavy atom. The van der Waals surface area contributed by atoms with Crippen molar-refractivity contribution in [3.8, 4) is 11.3 Å². The summed E-state index contributed by atoms with van der Waals surface area (Å²) in [6, 6.07) is 11.3. The van der Waals surface area contributed by atoms with Crippen molar-refractivity contribution in [1.29, 1.82) is 0 Å². The number of imidazole rings is 1. The average molecular weight is 727 g/mol. The first-order valence-electron chi connectivity index (χ1n) is 17.4. The highest BCUT2D eigenvalue weighted by atomic mass is 19.1. The molecule has 12 nitrogen and oxygen atoms in total. The quantitative estimate of drug-likeness (QED) is 0.142. The molecule has 280 valence electrons. The third kappa shape index (κ3) is 9.43. The molecule has 0 radical (unpaired) electrons. The second kappa shape index (κ2) is 17.3. The second-order valence-corrected chi connectivity index (χ2v) is 13.8. The van der Waals surface area contributed by atoms with E-state index >= 15 is 8.78 Å². The lowest BCUT2D eigenvalue weighted by molar-refractivity contribution is -0.143. The summed E-state index contributed by atoms with van der Waals surface area (Å²) in [6.07, 6.45) is 0.500. The van der Waals surface area contributed by atoms with Crippen LogP contribution in [0.1, 0.15) is 50.5 Å². The second-order valence-electron chi connectivity index (χ2n) is 13.8. The zero-order chi connectivity index (χ0) is 37.4. The molecule has 0 saturated carbocycles. The Balaban J connectivity index is 1.44. The van der Waals surface area contributed by atoms with Gasteiger partial charge in [-0.1, -0.05) is 44.2 Å². The predicted octanol–water partition coefficient (Wildman–Crippen LogP) is 2.99. The van der Waals surface area contributed by atoms with Crippen molar-refractivity contribution in [2.24, 2.45) is 11.3 Å². The number of nitrogens with zero attached hydrogens (tertiary/aromatic N) is 4. The fourth-order valence-electron chi connectivity index (χ4n) is 6.83. The molecular formula is C37H45F3N6O6. The number of aliphatic hydroxyl groups is 1. The van der Waals surface area contributed by atoms with E-state index in [9.17, 15) is 28.7 Å². The van der Waals surface area contributed by atoms with Gasteiger partial charge in [-0.15, -0.1) is 0 Å². The normalized spacial score (nSPS) is 18.2. The number of benzene rings is 2. The maximum absolute atomic E-state index is 15.1. The summed E-state index contributed by atoms with van der Waals surface area (Å²) >= 11 is 0. The van der Waals surface area contributed by atoms with E-state index in [1.807, 2.05) is 30.3 Å². The van der Waals surface area contributed by atoms with Gasteiger partial charge in [-0.05, 0) is 23.8 Å². The highest BCUT2D eigenvalue weighted by Gasteiger charge is 2.44. The van der Waals surface area contributed by atoms with Crippen LogP contribution in [0.3, 0.4) is 0 Å². The third-order valence-electron chi connectivity index (χ3n) is 9.45. The van der Waals surface area contributed by atoms with E-state index in [0.29, 0.717) is 0 Å². The van der Waals surface area contributed by atoms with E-state index < -0.39 is 53.6 Å². The van der Waals surface area contributed by atoms with Crippen LogP contribution in [0.5, 0.6) is 0 Å². The van der Waals surface area contributed by atoms with E-state index in [0.717, 1.165) is 28.7 Å². The van der Waals surface area contributed by atoms with Crippen molar-refractivity contribution in [2.75, 3.05) is 52.5 Å². The van der Waals surface area contributed by atoms with Gasteiger partial charge < -0.3 is 29.9 Å². The fraction of sp³-hybridized carbons (Fsp3) is 0.486. The number of hydrogen-bond donors (Lipinski definition) is 3. The Labute approximate surface area is 300 Å². The number of aliphatic hydroxyl groups excluding tert-OH is 1. The standard InChI is InChI=1S/C37H45F3N6O6/c1-37(2,17-31(48)42-12-14-52-15-13-45-32(49)10-11-33(45)50)35(46(34(51)23-47)21-25-18-41-19-29(25)40)36-43-30(27-16-26(38)8-9-28(27)39)22-44(36)20-24-6-4-3-5-7-24/h3-9,16,22,25,29,35,41,47H,10-15,17-21,23H2,1-2H3,(H,42,48)/t25-,29-,35-/m0/s1. The number of rotatable bonds is 17. The predicted molar refractivity (Wildman–Crippen MR) is 184 cm³/mol. The molecule has 2 aliphatic rings. The van der Waals surface area contributed by atoms with E-state index in [1.165, 1.54) is 4.90 Å². The molecule has 3 N–H and O–H groups in total. The molecule has 2 saturated heterocycles. The van der Waals surface area contributed by atoms with E-state index in [1.54, 1.807) is 24.6 Å². The number of likely N-dealkylation sites (tertiary alicyclic amines) is 1. The summed E-state index contributed by atoms with van der Waals surface area (Å²) < 4.78 is 51.8. The van der Waals surface area contributed by atoms with Gasteiger partial charge in [0.05, 0.1) is 31.5 Å². The topological polar surface area (TPSA) is 146 Å². The third-order valence-corrected chi connectivity index (χ3v) is 9.45. The first-order chi connectivity index (χ1) is 24.9.